The van der Waals surface area contributed by atoms with E-state index < -0.39 is 0 Å². The molecule has 1 aliphatic heterocycles. The zero-order valence-corrected chi connectivity index (χ0v) is 12.2. The van der Waals surface area contributed by atoms with Gasteiger partial charge in [0.25, 0.3) is 0 Å². The van der Waals surface area contributed by atoms with Crippen molar-refractivity contribution in [1.29, 1.82) is 0 Å². The third kappa shape index (κ3) is 3.67. The third-order valence-corrected chi connectivity index (χ3v) is 3.25. The maximum absolute atomic E-state index is 5.81. The van der Waals surface area contributed by atoms with Gasteiger partial charge in [-0.1, -0.05) is 6.92 Å². The minimum Gasteiger partial charge on any atom is -0.457 e. The summed E-state index contributed by atoms with van der Waals surface area (Å²) in [6.45, 7) is 8.82. The van der Waals surface area contributed by atoms with Gasteiger partial charge in [0.1, 0.15) is 5.60 Å². The van der Waals surface area contributed by atoms with Crippen molar-refractivity contribution in [2.45, 2.75) is 32.8 Å². The van der Waals surface area contributed by atoms with Gasteiger partial charge >= 0.3 is 6.01 Å². The molecule has 0 spiro atoms. The maximum Gasteiger partial charge on any atom is 0.323 e. The highest BCUT2D eigenvalue weighted by atomic mass is 16.5. The predicted molar refractivity (Wildman–Crippen MR) is 75.7 cm³/mol. The molecule has 0 aromatic carbocycles. The summed E-state index contributed by atoms with van der Waals surface area (Å²) in [5, 5.41) is 0. The molecule has 1 aromatic rings. The lowest BCUT2D eigenvalue weighted by atomic mass is 10.1. The molecule has 1 aliphatic rings. The molecule has 1 fully saturated rings. The topological polar surface area (TPSA) is 98.4 Å². The molecular weight excluding hydrogens is 260 g/mol. The van der Waals surface area contributed by atoms with Crippen LogP contribution in [0.3, 0.4) is 0 Å². The molecule has 0 radical (unpaired) electrons. The van der Waals surface area contributed by atoms with Crippen LogP contribution in [0.2, 0.25) is 0 Å². The van der Waals surface area contributed by atoms with E-state index in [1.807, 2.05) is 25.7 Å². The van der Waals surface area contributed by atoms with E-state index in [1.54, 1.807) is 0 Å². The summed E-state index contributed by atoms with van der Waals surface area (Å²) >= 11 is 0. The quantitative estimate of drug-likeness (QED) is 0.597. The van der Waals surface area contributed by atoms with E-state index in [1.165, 1.54) is 0 Å². The van der Waals surface area contributed by atoms with Crippen LogP contribution in [0.15, 0.2) is 0 Å². The first-order valence-corrected chi connectivity index (χ1v) is 6.78. The average Bonchev–Trinajstić information content (AvgIpc) is 2.47. The number of hydrogen-bond donors (Lipinski definition) is 2. The molecule has 8 heteroatoms. The minimum absolute atomic E-state index is 0.279. The monoisotopic (exact) mass is 282 g/mol. The molecular formula is C12H22N6O2. The molecule has 0 unspecified atom stereocenters. The third-order valence-electron chi connectivity index (χ3n) is 3.25. The average molecular weight is 282 g/mol. The smallest absolute Gasteiger partial charge is 0.323 e. The van der Waals surface area contributed by atoms with Crippen LogP contribution < -0.4 is 20.9 Å². The highest BCUT2D eigenvalue weighted by Gasteiger charge is 2.22. The molecule has 0 amide bonds. The van der Waals surface area contributed by atoms with Gasteiger partial charge in [0, 0.05) is 13.1 Å². The molecule has 3 N–H and O–H groups in total. The minimum atomic E-state index is -0.338. The van der Waals surface area contributed by atoms with Gasteiger partial charge in [0.15, 0.2) is 0 Å². The molecule has 0 atom stereocenters. The number of nitrogens with two attached hydrogens (primary N) is 1. The lowest BCUT2D eigenvalue weighted by Crippen LogP contribution is -2.38. The molecule has 112 valence electrons. The first-order chi connectivity index (χ1) is 9.54. The maximum atomic E-state index is 5.81. The Labute approximate surface area is 118 Å². The fourth-order valence-electron chi connectivity index (χ4n) is 1.68. The van der Waals surface area contributed by atoms with Crippen molar-refractivity contribution in [2.24, 2.45) is 5.84 Å². The summed E-state index contributed by atoms with van der Waals surface area (Å²) in [6.07, 6.45) is 0.844. The molecule has 20 heavy (non-hydrogen) atoms. The van der Waals surface area contributed by atoms with E-state index in [9.17, 15) is 0 Å². The Kier molecular flexibility index (Phi) is 4.56. The highest BCUT2D eigenvalue weighted by Crippen LogP contribution is 2.21. The fourth-order valence-corrected chi connectivity index (χ4v) is 1.68. The van der Waals surface area contributed by atoms with Gasteiger partial charge in [-0.05, 0) is 20.3 Å². The van der Waals surface area contributed by atoms with Crippen molar-refractivity contribution in [2.75, 3.05) is 36.6 Å². The van der Waals surface area contributed by atoms with E-state index >= 15 is 0 Å². The van der Waals surface area contributed by atoms with Crippen molar-refractivity contribution < 1.29 is 9.47 Å². The Morgan fingerprint density at radius 3 is 2.60 bits per heavy atom. The van der Waals surface area contributed by atoms with Crippen molar-refractivity contribution in [1.82, 2.24) is 15.0 Å². The summed E-state index contributed by atoms with van der Waals surface area (Å²) in [5.41, 5.74) is 2.11. The lowest BCUT2D eigenvalue weighted by molar-refractivity contribution is 0.0919. The summed E-state index contributed by atoms with van der Waals surface area (Å²) in [7, 11) is 0. The first kappa shape index (κ1) is 14.7. The zero-order chi connectivity index (χ0) is 14.6. The van der Waals surface area contributed by atoms with Crippen LogP contribution in [0.25, 0.3) is 0 Å². The second-order valence-electron chi connectivity index (χ2n) is 5.20. The number of anilines is 2. The molecule has 2 heterocycles. The van der Waals surface area contributed by atoms with Crippen molar-refractivity contribution in [3.63, 3.8) is 0 Å². The molecule has 0 aliphatic carbocycles. The summed E-state index contributed by atoms with van der Waals surface area (Å²) in [5.74, 6) is 6.26. The van der Waals surface area contributed by atoms with Gasteiger partial charge in [0.2, 0.25) is 11.9 Å². The van der Waals surface area contributed by atoms with E-state index in [4.69, 9.17) is 15.3 Å². The SMILES string of the molecule is CCC(C)(C)Oc1nc(NN)nc(N2CCOCC2)n1. The first-order valence-electron chi connectivity index (χ1n) is 6.78. The molecule has 1 saturated heterocycles. The fraction of sp³-hybridized carbons (Fsp3) is 0.750. The van der Waals surface area contributed by atoms with E-state index in [2.05, 4.69) is 20.4 Å². The largest absolute Gasteiger partial charge is 0.457 e. The Hall–Kier alpha value is -1.67. The normalized spacial score (nSPS) is 16.1. The summed E-state index contributed by atoms with van der Waals surface area (Å²) in [6, 6.07) is 0.279. The van der Waals surface area contributed by atoms with Crippen molar-refractivity contribution >= 4 is 11.9 Å². The van der Waals surface area contributed by atoms with Crippen LogP contribution in [0.5, 0.6) is 6.01 Å². The standard InChI is InChI=1S/C12H22N6O2/c1-4-12(2,3)20-11-15-9(17-13)14-10(16-11)18-5-7-19-8-6-18/h4-8,13H2,1-3H3,(H,14,15,16,17). The summed E-state index contributed by atoms with van der Waals surface area (Å²) in [4.78, 5) is 14.8. The van der Waals surface area contributed by atoms with Crippen LogP contribution >= 0.6 is 0 Å². The predicted octanol–water partition coefficient (Wildman–Crippen LogP) is 0.561. The van der Waals surface area contributed by atoms with Crippen molar-refractivity contribution in [3.8, 4) is 6.01 Å². The van der Waals surface area contributed by atoms with Gasteiger partial charge in [0.05, 0.1) is 13.2 Å². The van der Waals surface area contributed by atoms with E-state index in [0.717, 1.165) is 19.5 Å². The van der Waals surface area contributed by atoms with Gasteiger partial charge in [-0.2, -0.15) is 15.0 Å². The molecule has 2 rings (SSSR count). The summed E-state index contributed by atoms with van der Waals surface area (Å²) < 4.78 is 11.1. The van der Waals surface area contributed by atoms with Crippen molar-refractivity contribution in [3.05, 3.63) is 0 Å². The number of hydrazine groups is 1. The number of aromatic nitrogens is 3. The molecule has 1 aromatic heterocycles. The Morgan fingerprint density at radius 1 is 1.30 bits per heavy atom. The van der Waals surface area contributed by atoms with Crippen LogP contribution in [0.1, 0.15) is 27.2 Å². The number of ether oxygens (including phenoxy) is 2. The van der Waals surface area contributed by atoms with E-state index in [0.29, 0.717) is 25.1 Å². The molecule has 0 saturated carbocycles. The van der Waals surface area contributed by atoms with E-state index in [-0.39, 0.29) is 11.6 Å². The lowest BCUT2D eigenvalue weighted by Gasteiger charge is -2.28. The van der Waals surface area contributed by atoms with Gasteiger partial charge < -0.3 is 14.4 Å². The van der Waals surface area contributed by atoms with Crippen LogP contribution in [-0.2, 0) is 4.74 Å². The number of nitrogens with zero attached hydrogens (tertiary/aromatic N) is 4. The van der Waals surface area contributed by atoms with Gasteiger partial charge in [-0.15, -0.1) is 0 Å². The van der Waals surface area contributed by atoms with Gasteiger partial charge in [-0.25, -0.2) is 5.84 Å². The number of nitrogens with one attached hydrogen (secondary N) is 1. The second-order valence-corrected chi connectivity index (χ2v) is 5.20. The Balaban J connectivity index is 2.23. The number of nitrogen functional groups attached to an aromatic ring is 1. The number of morpholine rings is 1. The van der Waals surface area contributed by atoms with Crippen LogP contribution in [-0.4, -0.2) is 46.9 Å². The Bertz CT molecular complexity index is 448. The van der Waals surface area contributed by atoms with Crippen LogP contribution in [0.4, 0.5) is 11.9 Å². The Morgan fingerprint density at radius 2 is 2.00 bits per heavy atom. The van der Waals surface area contributed by atoms with Gasteiger partial charge in [-0.3, -0.25) is 5.43 Å². The second kappa shape index (κ2) is 6.19. The molecule has 8 nitrogen and oxygen atoms in total. The molecule has 0 bridgehead atoms. The highest BCUT2D eigenvalue weighted by molar-refractivity contribution is 5.38. The van der Waals surface area contributed by atoms with Crippen LogP contribution in [0, 0.1) is 0 Å². The zero-order valence-electron chi connectivity index (χ0n) is 12.2. The number of rotatable bonds is 5. The number of hydrogen-bond acceptors (Lipinski definition) is 8.